The smallest absolute Gasteiger partial charge is 0.319 e. The molecule has 0 saturated heterocycles. The fourth-order valence-corrected chi connectivity index (χ4v) is 4.11. The van der Waals surface area contributed by atoms with Gasteiger partial charge < -0.3 is 5.32 Å². The lowest BCUT2D eigenvalue weighted by atomic mass is 10.2. The molecular formula is C28H21N7O2. The van der Waals surface area contributed by atoms with Crippen LogP contribution in [0.5, 0.6) is 0 Å². The zero-order valence-corrected chi connectivity index (χ0v) is 19.6. The first-order chi connectivity index (χ1) is 18.2. The van der Waals surface area contributed by atoms with E-state index in [4.69, 9.17) is 0 Å². The fourth-order valence-electron chi connectivity index (χ4n) is 4.11. The highest BCUT2D eigenvalue weighted by Gasteiger charge is 2.19. The average molecular weight is 488 g/mol. The SMILES string of the molecule is O=C(Nc1cccc(Cn2nc3ccccn3c2=O)c1)c1nc(-c2ccccc2)n(-c2ccccc2)n1. The van der Waals surface area contributed by atoms with Crippen molar-refractivity contribution in [2.75, 3.05) is 5.32 Å². The Labute approximate surface area is 211 Å². The van der Waals surface area contributed by atoms with Gasteiger partial charge in [-0.3, -0.25) is 9.20 Å². The summed E-state index contributed by atoms with van der Waals surface area (Å²) in [6.07, 6.45) is 1.68. The number of hydrogen-bond acceptors (Lipinski definition) is 5. The third-order valence-electron chi connectivity index (χ3n) is 5.85. The van der Waals surface area contributed by atoms with E-state index in [1.165, 1.54) is 9.08 Å². The largest absolute Gasteiger partial charge is 0.350 e. The first kappa shape index (κ1) is 22.2. The summed E-state index contributed by atoms with van der Waals surface area (Å²) in [4.78, 5) is 30.3. The number of nitrogens with one attached hydrogen (secondary N) is 1. The highest BCUT2D eigenvalue weighted by atomic mass is 16.2. The molecule has 1 amide bonds. The Kier molecular flexibility index (Phi) is 5.62. The minimum Gasteiger partial charge on any atom is -0.319 e. The molecule has 6 aromatic rings. The van der Waals surface area contributed by atoms with Crippen molar-refractivity contribution >= 4 is 17.2 Å². The minimum atomic E-state index is -0.436. The van der Waals surface area contributed by atoms with Gasteiger partial charge in [0.15, 0.2) is 11.5 Å². The third kappa shape index (κ3) is 4.41. The fraction of sp³-hybridized carbons (Fsp3) is 0.0357. The van der Waals surface area contributed by atoms with E-state index in [9.17, 15) is 9.59 Å². The van der Waals surface area contributed by atoms with Gasteiger partial charge in [0.05, 0.1) is 12.2 Å². The van der Waals surface area contributed by atoms with Crippen molar-refractivity contribution in [3.05, 3.63) is 131 Å². The number of nitrogens with zero attached hydrogens (tertiary/aromatic N) is 6. The molecule has 0 atom stereocenters. The summed E-state index contributed by atoms with van der Waals surface area (Å²) in [7, 11) is 0. The monoisotopic (exact) mass is 487 g/mol. The highest BCUT2D eigenvalue weighted by Crippen LogP contribution is 2.21. The highest BCUT2D eigenvalue weighted by molar-refractivity contribution is 6.01. The van der Waals surface area contributed by atoms with Crippen LogP contribution in [0.25, 0.3) is 22.7 Å². The Bertz CT molecular complexity index is 1710. The molecule has 0 saturated carbocycles. The molecule has 0 aliphatic carbocycles. The number of carbonyl (C=O) groups excluding carboxylic acids is 1. The summed E-state index contributed by atoms with van der Waals surface area (Å²) in [5.74, 6) is 0.176. The molecule has 9 heteroatoms. The number of carbonyl (C=O) groups is 1. The van der Waals surface area contributed by atoms with Crippen LogP contribution in [0.3, 0.4) is 0 Å². The van der Waals surface area contributed by atoms with E-state index < -0.39 is 5.91 Å². The molecule has 6 rings (SSSR count). The molecule has 0 aliphatic heterocycles. The van der Waals surface area contributed by atoms with E-state index in [0.29, 0.717) is 17.2 Å². The van der Waals surface area contributed by atoms with Crippen molar-refractivity contribution in [2.24, 2.45) is 0 Å². The van der Waals surface area contributed by atoms with Crippen LogP contribution >= 0.6 is 0 Å². The van der Waals surface area contributed by atoms with E-state index in [-0.39, 0.29) is 18.1 Å². The lowest BCUT2D eigenvalue weighted by molar-refractivity contribution is 0.101. The number of aromatic nitrogens is 6. The van der Waals surface area contributed by atoms with E-state index in [1.807, 2.05) is 78.9 Å². The lowest BCUT2D eigenvalue weighted by Gasteiger charge is -2.06. The Balaban J connectivity index is 1.28. The van der Waals surface area contributed by atoms with Crippen molar-refractivity contribution < 1.29 is 4.79 Å². The molecule has 3 aromatic heterocycles. The number of benzene rings is 3. The average Bonchev–Trinajstić information content (AvgIpc) is 3.52. The van der Waals surface area contributed by atoms with Gasteiger partial charge in [-0.2, -0.15) is 0 Å². The van der Waals surface area contributed by atoms with Crippen molar-refractivity contribution in [3.8, 4) is 17.1 Å². The van der Waals surface area contributed by atoms with Gasteiger partial charge in [-0.25, -0.2) is 19.1 Å². The molecule has 180 valence electrons. The van der Waals surface area contributed by atoms with Gasteiger partial charge in [0.1, 0.15) is 0 Å². The maximum absolute atomic E-state index is 13.2. The summed E-state index contributed by atoms with van der Waals surface area (Å²) >= 11 is 0. The zero-order valence-electron chi connectivity index (χ0n) is 19.6. The number of para-hydroxylation sites is 1. The Hall–Kier alpha value is -5.31. The molecule has 3 heterocycles. The molecule has 0 fully saturated rings. The standard InChI is InChI=1S/C28H21N7O2/c36-27(25-30-26(21-11-3-1-4-12-21)35(32-25)23-14-5-2-6-15-23)29-22-13-9-10-20(18-22)19-34-28(37)33-17-8-7-16-24(33)31-34/h1-18H,19H2,(H,29,36). The second-order valence-electron chi connectivity index (χ2n) is 8.40. The van der Waals surface area contributed by atoms with Gasteiger partial charge in [0.25, 0.3) is 5.91 Å². The number of rotatable bonds is 6. The van der Waals surface area contributed by atoms with E-state index >= 15 is 0 Å². The predicted molar refractivity (Wildman–Crippen MR) is 140 cm³/mol. The van der Waals surface area contributed by atoms with Crippen LogP contribution < -0.4 is 11.0 Å². The predicted octanol–water partition coefficient (Wildman–Crippen LogP) is 4.04. The number of pyridine rings is 1. The van der Waals surface area contributed by atoms with Crippen LogP contribution in [-0.2, 0) is 6.54 Å². The topological polar surface area (TPSA) is 99.1 Å². The second-order valence-corrected chi connectivity index (χ2v) is 8.40. The van der Waals surface area contributed by atoms with Crippen LogP contribution in [0.15, 0.2) is 114 Å². The van der Waals surface area contributed by atoms with Gasteiger partial charge in [-0.1, -0.05) is 66.7 Å². The van der Waals surface area contributed by atoms with Crippen molar-refractivity contribution in [1.29, 1.82) is 0 Å². The van der Waals surface area contributed by atoms with Crippen LogP contribution in [0.1, 0.15) is 16.2 Å². The summed E-state index contributed by atoms with van der Waals surface area (Å²) in [5, 5.41) is 11.8. The van der Waals surface area contributed by atoms with Gasteiger partial charge in [0, 0.05) is 17.4 Å². The Morgan fingerprint density at radius 1 is 0.811 bits per heavy atom. The van der Waals surface area contributed by atoms with Crippen LogP contribution in [-0.4, -0.2) is 34.9 Å². The van der Waals surface area contributed by atoms with Gasteiger partial charge in [0.2, 0.25) is 5.82 Å². The zero-order chi connectivity index (χ0) is 25.2. The summed E-state index contributed by atoms with van der Waals surface area (Å²) in [6.45, 7) is 0.267. The molecule has 0 bridgehead atoms. The lowest BCUT2D eigenvalue weighted by Crippen LogP contribution is -2.21. The first-order valence-electron chi connectivity index (χ1n) is 11.7. The molecule has 9 nitrogen and oxygen atoms in total. The molecular weight excluding hydrogens is 466 g/mol. The van der Waals surface area contributed by atoms with Crippen LogP contribution in [0.2, 0.25) is 0 Å². The molecule has 0 aliphatic rings. The first-order valence-corrected chi connectivity index (χ1v) is 11.7. The molecule has 37 heavy (non-hydrogen) atoms. The molecule has 3 aromatic carbocycles. The maximum Gasteiger partial charge on any atom is 0.350 e. The molecule has 0 spiro atoms. The van der Waals surface area contributed by atoms with Crippen molar-refractivity contribution in [3.63, 3.8) is 0 Å². The van der Waals surface area contributed by atoms with Gasteiger partial charge in [-0.05, 0) is 42.0 Å². The van der Waals surface area contributed by atoms with Gasteiger partial charge in [-0.15, -0.1) is 10.2 Å². The van der Waals surface area contributed by atoms with Crippen molar-refractivity contribution in [1.82, 2.24) is 28.9 Å². The summed E-state index contributed by atoms with van der Waals surface area (Å²) < 4.78 is 4.55. The third-order valence-corrected chi connectivity index (χ3v) is 5.85. The Morgan fingerprint density at radius 2 is 1.57 bits per heavy atom. The number of anilines is 1. The van der Waals surface area contributed by atoms with Crippen LogP contribution in [0, 0.1) is 0 Å². The maximum atomic E-state index is 13.2. The number of hydrogen-bond donors (Lipinski definition) is 1. The van der Waals surface area contributed by atoms with E-state index in [0.717, 1.165) is 16.8 Å². The summed E-state index contributed by atoms with van der Waals surface area (Å²) in [5.41, 5.74) is 3.37. The molecule has 1 N–H and O–H groups in total. The van der Waals surface area contributed by atoms with E-state index in [1.54, 1.807) is 35.1 Å². The minimum absolute atomic E-state index is 0.0460. The Morgan fingerprint density at radius 3 is 2.35 bits per heavy atom. The molecule has 0 radical (unpaired) electrons. The van der Waals surface area contributed by atoms with Gasteiger partial charge >= 0.3 is 5.69 Å². The normalized spacial score (nSPS) is 11.0. The quantitative estimate of drug-likeness (QED) is 0.382. The van der Waals surface area contributed by atoms with Crippen LogP contribution in [0.4, 0.5) is 5.69 Å². The second kappa shape index (κ2) is 9.38. The van der Waals surface area contributed by atoms with E-state index in [2.05, 4.69) is 20.5 Å². The number of amides is 1. The molecule has 0 unspecified atom stereocenters. The number of fused-ring (bicyclic) bond motifs is 1. The van der Waals surface area contributed by atoms with Crippen molar-refractivity contribution in [2.45, 2.75) is 6.54 Å². The summed E-state index contributed by atoms with van der Waals surface area (Å²) in [6, 6.07) is 31.8.